The lowest BCUT2D eigenvalue weighted by Gasteiger charge is -1.98. The van der Waals surface area contributed by atoms with Crippen molar-refractivity contribution in [1.29, 1.82) is 0 Å². The molecule has 0 radical (unpaired) electrons. The first kappa shape index (κ1) is 7.91. The number of aromatic nitrogens is 1. The highest BCUT2D eigenvalue weighted by Crippen LogP contribution is 2.24. The van der Waals surface area contributed by atoms with Crippen LogP contribution in [0, 0.1) is 3.57 Å². The van der Waals surface area contributed by atoms with Crippen molar-refractivity contribution in [3.63, 3.8) is 0 Å². The lowest BCUT2D eigenvalue weighted by atomic mass is 10.2. The Kier molecular flexibility index (Phi) is 1.96. The molecule has 1 heterocycles. The van der Waals surface area contributed by atoms with Crippen molar-refractivity contribution < 1.29 is 4.74 Å². The van der Waals surface area contributed by atoms with Crippen LogP contribution in [-0.4, -0.2) is 12.1 Å². The van der Waals surface area contributed by atoms with Crippen LogP contribution in [0.1, 0.15) is 0 Å². The van der Waals surface area contributed by atoms with Gasteiger partial charge in [-0.25, -0.2) is 0 Å². The molecule has 62 valence electrons. The van der Waals surface area contributed by atoms with Crippen LogP contribution in [0.15, 0.2) is 24.4 Å². The van der Waals surface area contributed by atoms with Gasteiger partial charge in [-0.15, -0.1) is 0 Å². The molecule has 0 spiro atoms. The van der Waals surface area contributed by atoms with Gasteiger partial charge in [0, 0.05) is 20.7 Å². The lowest BCUT2D eigenvalue weighted by Crippen LogP contribution is -1.81. The first-order valence-corrected chi connectivity index (χ1v) is 4.70. The summed E-state index contributed by atoms with van der Waals surface area (Å²) in [6.45, 7) is 0. The minimum Gasteiger partial charge on any atom is -0.497 e. The molecular weight excluding hydrogens is 265 g/mol. The van der Waals surface area contributed by atoms with Gasteiger partial charge in [-0.05, 0) is 40.8 Å². The van der Waals surface area contributed by atoms with E-state index in [1.54, 1.807) is 7.11 Å². The summed E-state index contributed by atoms with van der Waals surface area (Å²) in [4.78, 5) is 3.18. The second-order valence-electron chi connectivity index (χ2n) is 2.55. The summed E-state index contributed by atoms with van der Waals surface area (Å²) >= 11 is 2.30. The van der Waals surface area contributed by atoms with Crippen LogP contribution in [0.3, 0.4) is 0 Å². The molecule has 2 rings (SSSR count). The largest absolute Gasteiger partial charge is 0.497 e. The number of nitrogens with one attached hydrogen (secondary N) is 1. The first-order chi connectivity index (χ1) is 5.81. The Morgan fingerprint density at radius 2 is 2.25 bits per heavy atom. The molecule has 3 heteroatoms. The quantitative estimate of drug-likeness (QED) is 0.794. The van der Waals surface area contributed by atoms with Crippen molar-refractivity contribution in [1.82, 2.24) is 4.98 Å². The molecule has 0 fully saturated rings. The van der Waals surface area contributed by atoms with Gasteiger partial charge in [0.05, 0.1) is 7.11 Å². The summed E-state index contributed by atoms with van der Waals surface area (Å²) < 4.78 is 6.35. The van der Waals surface area contributed by atoms with Crippen LogP contribution in [0.4, 0.5) is 0 Å². The molecule has 1 N–H and O–H groups in total. The van der Waals surface area contributed by atoms with Gasteiger partial charge in [0.1, 0.15) is 5.75 Å². The molecular formula is C9H8INO. The van der Waals surface area contributed by atoms with Gasteiger partial charge in [-0.1, -0.05) is 0 Å². The predicted molar refractivity (Wildman–Crippen MR) is 57.6 cm³/mol. The molecule has 0 aliphatic carbocycles. The molecule has 0 bridgehead atoms. The van der Waals surface area contributed by atoms with E-state index < -0.39 is 0 Å². The van der Waals surface area contributed by atoms with Crippen molar-refractivity contribution in [2.45, 2.75) is 0 Å². The van der Waals surface area contributed by atoms with E-state index in [4.69, 9.17) is 4.74 Å². The van der Waals surface area contributed by atoms with Gasteiger partial charge in [0.25, 0.3) is 0 Å². The van der Waals surface area contributed by atoms with Crippen LogP contribution < -0.4 is 4.74 Å². The average Bonchev–Trinajstić information content (AvgIpc) is 2.47. The number of rotatable bonds is 1. The van der Waals surface area contributed by atoms with E-state index in [1.165, 1.54) is 8.96 Å². The zero-order chi connectivity index (χ0) is 8.55. The third-order valence-electron chi connectivity index (χ3n) is 1.84. The van der Waals surface area contributed by atoms with Crippen molar-refractivity contribution in [2.24, 2.45) is 0 Å². The van der Waals surface area contributed by atoms with Crippen LogP contribution in [-0.2, 0) is 0 Å². The molecule has 0 aliphatic heterocycles. The minimum atomic E-state index is 0.903. The van der Waals surface area contributed by atoms with Crippen molar-refractivity contribution in [3.8, 4) is 5.75 Å². The number of halogens is 1. The zero-order valence-corrected chi connectivity index (χ0v) is 8.75. The van der Waals surface area contributed by atoms with Crippen molar-refractivity contribution in [2.75, 3.05) is 7.11 Å². The predicted octanol–water partition coefficient (Wildman–Crippen LogP) is 2.78. The van der Waals surface area contributed by atoms with Gasteiger partial charge in [0.15, 0.2) is 0 Å². The smallest absolute Gasteiger partial charge is 0.119 e. The Morgan fingerprint density at radius 3 is 3.00 bits per heavy atom. The Bertz CT molecular complexity index is 408. The SMILES string of the molecule is COc1ccc2[nH]cc(I)c2c1. The Labute approximate surface area is 84.1 Å². The first-order valence-electron chi connectivity index (χ1n) is 3.62. The maximum atomic E-state index is 5.13. The minimum absolute atomic E-state index is 0.903. The van der Waals surface area contributed by atoms with Crippen molar-refractivity contribution in [3.05, 3.63) is 28.0 Å². The Balaban J connectivity index is 2.71. The Hall–Kier alpha value is -0.710. The number of aromatic amines is 1. The molecule has 0 saturated heterocycles. The standard InChI is InChI=1S/C9H8INO/c1-12-6-2-3-9-7(4-6)8(10)5-11-9/h2-5,11H,1H3. The molecule has 0 unspecified atom stereocenters. The maximum Gasteiger partial charge on any atom is 0.119 e. The summed E-state index contributed by atoms with van der Waals surface area (Å²) in [7, 11) is 1.68. The van der Waals surface area contributed by atoms with Gasteiger partial charge in [-0.2, -0.15) is 0 Å². The third-order valence-corrected chi connectivity index (χ3v) is 2.73. The molecule has 2 aromatic rings. The van der Waals surface area contributed by atoms with E-state index in [0.29, 0.717) is 0 Å². The second kappa shape index (κ2) is 2.97. The van der Waals surface area contributed by atoms with E-state index >= 15 is 0 Å². The van der Waals surface area contributed by atoms with Crippen molar-refractivity contribution >= 4 is 33.5 Å². The molecule has 0 amide bonds. The number of hydrogen-bond donors (Lipinski definition) is 1. The van der Waals surface area contributed by atoms with E-state index in [1.807, 2.05) is 24.4 Å². The second-order valence-corrected chi connectivity index (χ2v) is 3.71. The monoisotopic (exact) mass is 273 g/mol. The highest BCUT2D eigenvalue weighted by molar-refractivity contribution is 14.1. The van der Waals surface area contributed by atoms with Gasteiger partial charge < -0.3 is 9.72 Å². The summed E-state index contributed by atoms with van der Waals surface area (Å²) in [5, 5.41) is 1.22. The van der Waals surface area contributed by atoms with Crippen LogP contribution in [0.25, 0.3) is 10.9 Å². The summed E-state index contributed by atoms with van der Waals surface area (Å²) in [6.07, 6.45) is 1.99. The number of benzene rings is 1. The van der Waals surface area contributed by atoms with Crippen LogP contribution >= 0.6 is 22.6 Å². The number of H-pyrrole nitrogens is 1. The summed E-state index contributed by atoms with van der Waals surface area (Å²) in [5.74, 6) is 0.903. The molecule has 0 saturated carbocycles. The normalized spacial score (nSPS) is 10.5. The average molecular weight is 273 g/mol. The maximum absolute atomic E-state index is 5.13. The van der Waals surface area contributed by atoms with E-state index in [9.17, 15) is 0 Å². The molecule has 1 aromatic heterocycles. The molecule has 0 atom stereocenters. The third kappa shape index (κ3) is 1.18. The topological polar surface area (TPSA) is 25.0 Å². The number of fused-ring (bicyclic) bond motifs is 1. The fourth-order valence-electron chi connectivity index (χ4n) is 1.19. The van der Waals surface area contributed by atoms with Crippen LogP contribution in [0.2, 0.25) is 0 Å². The van der Waals surface area contributed by atoms with E-state index in [0.717, 1.165) is 11.3 Å². The van der Waals surface area contributed by atoms with Gasteiger partial charge >= 0.3 is 0 Å². The summed E-state index contributed by atoms with van der Waals surface area (Å²) in [6, 6.07) is 6.01. The fourth-order valence-corrected chi connectivity index (χ4v) is 1.79. The van der Waals surface area contributed by atoms with Gasteiger partial charge in [0.2, 0.25) is 0 Å². The summed E-state index contributed by atoms with van der Waals surface area (Å²) in [5.41, 5.74) is 1.15. The zero-order valence-electron chi connectivity index (χ0n) is 6.60. The lowest BCUT2D eigenvalue weighted by molar-refractivity contribution is 0.415. The number of methoxy groups -OCH3 is 1. The van der Waals surface area contributed by atoms with E-state index in [-0.39, 0.29) is 0 Å². The van der Waals surface area contributed by atoms with Gasteiger partial charge in [-0.3, -0.25) is 0 Å². The van der Waals surface area contributed by atoms with E-state index in [2.05, 4.69) is 27.6 Å². The fraction of sp³-hybridized carbons (Fsp3) is 0.111. The molecule has 2 nitrogen and oxygen atoms in total. The number of ether oxygens (including phenoxy) is 1. The molecule has 1 aromatic carbocycles. The highest BCUT2D eigenvalue weighted by Gasteiger charge is 2.00. The highest BCUT2D eigenvalue weighted by atomic mass is 127. The Morgan fingerprint density at radius 1 is 1.42 bits per heavy atom. The number of hydrogen-bond acceptors (Lipinski definition) is 1. The molecule has 12 heavy (non-hydrogen) atoms. The van der Waals surface area contributed by atoms with Crippen LogP contribution in [0.5, 0.6) is 5.75 Å². The molecule has 0 aliphatic rings.